The molecule has 28 heavy (non-hydrogen) atoms. The van der Waals surface area contributed by atoms with Gasteiger partial charge in [-0.3, -0.25) is 9.48 Å². The predicted molar refractivity (Wildman–Crippen MR) is 112 cm³/mol. The second-order valence-electron chi connectivity index (χ2n) is 7.13. The molecule has 1 heterocycles. The van der Waals surface area contributed by atoms with E-state index >= 15 is 0 Å². The number of ether oxygens (including phenoxy) is 1. The first kappa shape index (κ1) is 19.7. The minimum Gasteiger partial charge on any atom is -0.494 e. The van der Waals surface area contributed by atoms with E-state index in [4.69, 9.17) is 4.74 Å². The average molecular weight is 377 g/mol. The highest BCUT2D eigenvalue weighted by Gasteiger charge is 2.14. The van der Waals surface area contributed by atoms with Gasteiger partial charge in [0.15, 0.2) is 0 Å². The van der Waals surface area contributed by atoms with Crippen LogP contribution in [0.15, 0.2) is 54.7 Å². The molecule has 0 spiro atoms. The Hall–Kier alpha value is -3.08. The summed E-state index contributed by atoms with van der Waals surface area (Å²) < 4.78 is 7.56. The van der Waals surface area contributed by atoms with Crippen LogP contribution >= 0.6 is 0 Å². The maximum atomic E-state index is 12.8. The largest absolute Gasteiger partial charge is 0.494 e. The molecule has 0 aliphatic rings. The summed E-state index contributed by atoms with van der Waals surface area (Å²) in [5, 5.41) is 4.38. The number of nitrogens with zero attached hydrogens (tertiary/aromatic N) is 3. The van der Waals surface area contributed by atoms with Crippen LogP contribution in [0.2, 0.25) is 0 Å². The first-order chi connectivity index (χ1) is 13.4. The van der Waals surface area contributed by atoms with Gasteiger partial charge in [0.05, 0.1) is 12.3 Å². The lowest BCUT2D eigenvalue weighted by atomic mass is 10.0. The zero-order valence-electron chi connectivity index (χ0n) is 17.0. The standard InChI is InChI=1S/C23H27N3O2/c1-17-8-5-11-21(14-17)28-13-7-12-25(3)23(27)20-10-6-9-19(15-20)22-16-26(4)24-18(22)2/h5-6,8-11,14-16H,7,12-13H2,1-4H3. The lowest BCUT2D eigenvalue weighted by Crippen LogP contribution is -2.28. The molecule has 0 saturated carbocycles. The number of hydrogen-bond acceptors (Lipinski definition) is 3. The fourth-order valence-electron chi connectivity index (χ4n) is 3.22. The van der Waals surface area contributed by atoms with Crippen LogP contribution in [-0.4, -0.2) is 40.8 Å². The zero-order valence-corrected chi connectivity index (χ0v) is 17.0. The molecule has 0 N–H and O–H groups in total. The number of carbonyl (C=O) groups is 1. The first-order valence-electron chi connectivity index (χ1n) is 9.49. The monoisotopic (exact) mass is 377 g/mol. The first-order valence-corrected chi connectivity index (χ1v) is 9.49. The Kier molecular flexibility index (Phi) is 6.14. The maximum absolute atomic E-state index is 12.8. The Morgan fingerprint density at radius 1 is 1.14 bits per heavy atom. The van der Waals surface area contributed by atoms with Gasteiger partial charge in [0.25, 0.3) is 5.91 Å². The molecule has 0 saturated heterocycles. The Bertz CT molecular complexity index is 962. The minimum absolute atomic E-state index is 0.0129. The molecule has 0 aliphatic carbocycles. The summed E-state index contributed by atoms with van der Waals surface area (Å²) in [5.74, 6) is 0.882. The summed E-state index contributed by atoms with van der Waals surface area (Å²) >= 11 is 0. The Morgan fingerprint density at radius 3 is 2.64 bits per heavy atom. The molecule has 3 aromatic rings. The van der Waals surface area contributed by atoms with Gasteiger partial charge in [-0.15, -0.1) is 0 Å². The van der Waals surface area contributed by atoms with Crippen LogP contribution in [0.5, 0.6) is 5.75 Å². The fourth-order valence-corrected chi connectivity index (χ4v) is 3.22. The number of rotatable bonds is 7. The van der Waals surface area contributed by atoms with Crippen molar-refractivity contribution < 1.29 is 9.53 Å². The summed E-state index contributed by atoms with van der Waals surface area (Å²) in [6, 6.07) is 15.7. The lowest BCUT2D eigenvalue weighted by Gasteiger charge is -2.18. The number of aryl methyl sites for hydroxylation is 3. The summed E-state index contributed by atoms with van der Waals surface area (Å²) in [4.78, 5) is 14.5. The van der Waals surface area contributed by atoms with Crippen molar-refractivity contribution in [1.29, 1.82) is 0 Å². The van der Waals surface area contributed by atoms with Gasteiger partial charge in [0, 0.05) is 38.0 Å². The van der Waals surface area contributed by atoms with Gasteiger partial charge < -0.3 is 9.64 Å². The molecule has 0 atom stereocenters. The van der Waals surface area contributed by atoms with Crippen LogP contribution in [0.1, 0.15) is 28.0 Å². The molecule has 0 fully saturated rings. The topological polar surface area (TPSA) is 47.4 Å². The third-order valence-electron chi connectivity index (χ3n) is 4.68. The minimum atomic E-state index is 0.0129. The number of amides is 1. The normalized spacial score (nSPS) is 10.7. The second-order valence-corrected chi connectivity index (χ2v) is 7.13. The molecule has 5 heteroatoms. The Balaban J connectivity index is 1.57. The fraction of sp³-hybridized carbons (Fsp3) is 0.304. The molecule has 0 radical (unpaired) electrons. The van der Waals surface area contributed by atoms with Gasteiger partial charge in [0.1, 0.15) is 5.75 Å². The van der Waals surface area contributed by atoms with Crippen LogP contribution in [0.25, 0.3) is 11.1 Å². The van der Waals surface area contributed by atoms with Crippen molar-refractivity contribution in [2.24, 2.45) is 7.05 Å². The van der Waals surface area contributed by atoms with Crippen LogP contribution in [0.3, 0.4) is 0 Å². The van der Waals surface area contributed by atoms with Gasteiger partial charge in [-0.1, -0.05) is 24.3 Å². The molecule has 3 rings (SSSR count). The number of benzene rings is 2. The molecular formula is C23H27N3O2. The molecular weight excluding hydrogens is 350 g/mol. The number of carbonyl (C=O) groups excluding carboxylic acids is 1. The van der Waals surface area contributed by atoms with Crippen molar-refractivity contribution >= 4 is 5.91 Å². The Morgan fingerprint density at radius 2 is 1.93 bits per heavy atom. The van der Waals surface area contributed by atoms with Crippen LogP contribution in [-0.2, 0) is 7.05 Å². The van der Waals surface area contributed by atoms with Crippen molar-refractivity contribution in [2.75, 3.05) is 20.2 Å². The highest BCUT2D eigenvalue weighted by molar-refractivity contribution is 5.95. The van der Waals surface area contributed by atoms with Gasteiger partial charge in [-0.05, 0) is 55.7 Å². The summed E-state index contributed by atoms with van der Waals surface area (Å²) in [6.45, 7) is 5.24. The van der Waals surface area contributed by atoms with Crippen molar-refractivity contribution in [3.63, 3.8) is 0 Å². The maximum Gasteiger partial charge on any atom is 0.253 e. The number of hydrogen-bond donors (Lipinski definition) is 0. The summed E-state index contributed by atoms with van der Waals surface area (Å²) in [5.41, 5.74) is 4.86. The van der Waals surface area contributed by atoms with Gasteiger partial charge >= 0.3 is 0 Å². The van der Waals surface area contributed by atoms with Crippen LogP contribution in [0.4, 0.5) is 0 Å². The average Bonchev–Trinajstić information content (AvgIpc) is 3.03. The predicted octanol–water partition coefficient (Wildman–Crippen LogP) is 4.25. The molecule has 0 unspecified atom stereocenters. The van der Waals surface area contributed by atoms with Crippen molar-refractivity contribution in [1.82, 2.24) is 14.7 Å². The van der Waals surface area contributed by atoms with E-state index in [0.717, 1.165) is 29.0 Å². The van der Waals surface area contributed by atoms with E-state index in [9.17, 15) is 4.79 Å². The molecule has 0 aliphatic heterocycles. The second kappa shape index (κ2) is 8.74. The third kappa shape index (κ3) is 4.80. The van der Waals surface area contributed by atoms with E-state index in [2.05, 4.69) is 5.10 Å². The molecule has 1 aromatic heterocycles. The van der Waals surface area contributed by atoms with Crippen LogP contribution < -0.4 is 4.74 Å². The van der Waals surface area contributed by atoms with Gasteiger partial charge in [-0.25, -0.2) is 0 Å². The van der Waals surface area contributed by atoms with E-state index in [-0.39, 0.29) is 5.91 Å². The van der Waals surface area contributed by atoms with Gasteiger partial charge in [-0.2, -0.15) is 5.10 Å². The molecule has 2 aromatic carbocycles. The third-order valence-corrected chi connectivity index (χ3v) is 4.68. The molecule has 1 amide bonds. The van der Waals surface area contributed by atoms with E-state index < -0.39 is 0 Å². The summed E-state index contributed by atoms with van der Waals surface area (Å²) in [6.07, 6.45) is 2.75. The van der Waals surface area contributed by atoms with Crippen LogP contribution in [0, 0.1) is 13.8 Å². The van der Waals surface area contributed by atoms with E-state index in [1.807, 2.05) is 82.7 Å². The number of aromatic nitrogens is 2. The van der Waals surface area contributed by atoms with E-state index in [0.29, 0.717) is 18.7 Å². The lowest BCUT2D eigenvalue weighted by molar-refractivity contribution is 0.0788. The smallest absolute Gasteiger partial charge is 0.253 e. The SMILES string of the molecule is Cc1cccc(OCCCN(C)C(=O)c2cccc(-c3cn(C)nc3C)c2)c1. The quantitative estimate of drug-likeness (QED) is 0.579. The Labute approximate surface area is 166 Å². The summed E-state index contributed by atoms with van der Waals surface area (Å²) in [7, 11) is 3.73. The van der Waals surface area contributed by atoms with Crippen molar-refractivity contribution in [2.45, 2.75) is 20.3 Å². The molecule has 5 nitrogen and oxygen atoms in total. The van der Waals surface area contributed by atoms with Crippen molar-refractivity contribution in [3.05, 3.63) is 71.5 Å². The highest BCUT2D eigenvalue weighted by atomic mass is 16.5. The molecule has 0 bridgehead atoms. The van der Waals surface area contributed by atoms with Gasteiger partial charge in [0.2, 0.25) is 0 Å². The van der Waals surface area contributed by atoms with Crippen molar-refractivity contribution in [3.8, 4) is 16.9 Å². The highest BCUT2D eigenvalue weighted by Crippen LogP contribution is 2.23. The zero-order chi connectivity index (χ0) is 20.1. The van der Waals surface area contributed by atoms with E-state index in [1.165, 1.54) is 5.56 Å². The molecule has 146 valence electrons. The van der Waals surface area contributed by atoms with E-state index in [1.54, 1.807) is 9.58 Å².